The Morgan fingerprint density at radius 2 is 1.96 bits per heavy atom. The van der Waals surface area contributed by atoms with Gasteiger partial charge in [-0.25, -0.2) is 18.2 Å². The van der Waals surface area contributed by atoms with Crippen molar-refractivity contribution in [3.8, 4) is 5.75 Å². The summed E-state index contributed by atoms with van der Waals surface area (Å²) >= 11 is 1.25. The van der Waals surface area contributed by atoms with Gasteiger partial charge in [0, 0.05) is 23.6 Å². The third-order valence-corrected chi connectivity index (χ3v) is 4.58. The molecule has 3 rings (SSSR count). The van der Waals surface area contributed by atoms with Crippen molar-refractivity contribution in [2.45, 2.75) is 13.3 Å². The van der Waals surface area contributed by atoms with Crippen LogP contribution in [0, 0.1) is 24.4 Å². The summed E-state index contributed by atoms with van der Waals surface area (Å²) in [4.78, 5) is 16.8. The van der Waals surface area contributed by atoms with E-state index in [1.54, 1.807) is 19.2 Å². The number of nitrogens with one attached hydrogen (secondary N) is 1. The maximum absolute atomic E-state index is 13.6. The van der Waals surface area contributed by atoms with Crippen molar-refractivity contribution in [2.75, 3.05) is 11.9 Å². The number of carbonyl (C=O) groups excluding carboxylic acids is 1. The molecule has 0 spiro atoms. The number of amides is 1. The average molecular weight is 392 g/mol. The molecular formula is C19H15F3N2O2S. The van der Waals surface area contributed by atoms with Crippen LogP contribution in [-0.4, -0.2) is 17.5 Å². The van der Waals surface area contributed by atoms with Crippen molar-refractivity contribution in [2.24, 2.45) is 0 Å². The molecule has 1 amide bonds. The number of aromatic nitrogens is 1. The lowest BCUT2D eigenvalue weighted by atomic mass is 10.1. The van der Waals surface area contributed by atoms with Crippen LogP contribution in [-0.2, 0) is 11.2 Å². The van der Waals surface area contributed by atoms with Crippen LogP contribution in [0.25, 0.3) is 0 Å². The Balaban J connectivity index is 1.55. The zero-order valence-electron chi connectivity index (χ0n) is 14.3. The average Bonchev–Trinajstić information content (AvgIpc) is 3.04. The minimum Gasteiger partial charge on any atom is -0.481 e. The molecule has 0 saturated carbocycles. The van der Waals surface area contributed by atoms with Crippen molar-refractivity contribution >= 4 is 22.4 Å². The van der Waals surface area contributed by atoms with Gasteiger partial charge >= 0.3 is 0 Å². The Labute approximate surface area is 157 Å². The van der Waals surface area contributed by atoms with E-state index in [9.17, 15) is 18.0 Å². The third-order valence-electron chi connectivity index (χ3n) is 3.67. The molecule has 0 aliphatic carbocycles. The highest BCUT2D eigenvalue weighted by Gasteiger charge is 2.11. The summed E-state index contributed by atoms with van der Waals surface area (Å²) in [5.74, 6) is -2.62. The molecule has 1 heterocycles. The van der Waals surface area contributed by atoms with E-state index in [2.05, 4.69) is 10.3 Å². The molecular weight excluding hydrogens is 377 g/mol. The molecule has 0 atom stereocenters. The molecule has 1 aromatic heterocycles. The van der Waals surface area contributed by atoms with Crippen LogP contribution in [0.1, 0.15) is 16.0 Å². The van der Waals surface area contributed by atoms with E-state index in [1.165, 1.54) is 17.4 Å². The highest BCUT2D eigenvalue weighted by Crippen LogP contribution is 2.22. The number of ether oxygens (including phenoxy) is 1. The largest absolute Gasteiger partial charge is 0.481 e. The van der Waals surface area contributed by atoms with E-state index in [-0.39, 0.29) is 11.6 Å². The van der Waals surface area contributed by atoms with E-state index < -0.39 is 24.1 Å². The zero-order valence-corrected chi connectivity index (χ0v) is 15.1. The van der Waals surface area contributed by atoms with Crippen LogP contribution < -0.4 is 10.1 Å². The minimum atomic E-state index is -0.885. The summed E-state index contributed by atoms with van der Waals surface area (Å²) in [6, 6.07) is 7.84. The molecule has 0 aliphatic heterocycles. The van der Waals surface area contributed by atoms with Crippen LogP contribution >= 0.6 is 11.3 Å². The van der Waals surface area contributed by atoms with Crippen LogP contribution in [0.4, 0.5) is 18.3 Å². The maximum atomic E-state index is 13.6. The van der Waals surface area contributed by atoms with E-state index in [0.717, 1.165) is 22.6 Å². The van der Waals surface area contributed by atoms with Gasteiger partial charge in [-0.3, -0.25) is 10.1 Å². The van der Waals surface area contributed by atoms with Gasteiger partial charge < -0.3 is 4.74 Å². The second kappa shape index (κ2) is 8.22. The normalized spacial score (nSPS) is 10.7. The van der Waals surface area contributed by atoms with E-state index in [1.807, 2.05) is 6.07 Å². The van der Waals surface area contributed by atoms with Gasteiger partial charge in [0.05, 0.1) is 0 Å². The van der Waals surface area contributed by atoms with Crippen molar-refractivity contribution in [1.29, 1.82) is 0 Å². The second-order valence-corrected chi connectivity index (χ2v) is 6.92. The monoisotopic (exact) mass is 392 g/mol. The number of halogens is 3. The van der Waals surface area contributed by atoms with Crippen molar-refractivity contribution in [1.82, 2.24) is 4.98 Å². The van der Waals surface area contributed by atoms with Gasteiger partial charge in [0.25, 0.3) is 5.91 Å². The Hall–Kier alpha value is -2.87. The Morgan fingerprint density at radius 1 is 1.15 bits per heavy atom. The smallest absolute Gasteiger partial charge is 0.264 e. The van der Waals surface area contributed by atoms with Crippen molar-refractivity contribution in [3.05, 3.63) is 76.1 Å². The van der Waals surface area contributed by atoms with Crippen LogP contribution in [0.2, 0.25) is 0 Å². The number of benzene rings is 2. The molecule has 4 nitrogen and oxygen atoms in total. The number of hydrogen-bond acceptors (Lipinski definition) is 4. The SMILES string of the molecule is Cc1ccc(Cc2cnc(NC(=O)COc3ccc(F)cc3F)s2)cc1F. The molecule has 0 radical (unpaired) electrons. The van der Waals surface area contributed by atoms with Gasteiger partial charge in [-0.05, 0) is 36.2 Å². The fraction of sp³-hybridized carbons (Fsp3) is 0.158. The van der Waals surface area contributed by atoms with Gasteiger partial charge in [0.2, 0.25) is 0 Å². The van der Waals surface area contributed by atoms with Gasteiger partial charge in [-0.2, -0.15) is 0 Å². The first-order valence-corrected chi connectivity index (χ1v) is 8.80. The van der Waals surface area contributed by atoms with Gasteiger partial charge in [0.15, 0.2) is 23.3 Å². The second-order valence-electron chi connectivity index (χ2n) is 5.80. The molecule has 0 bridgehead atoms. The summed E-state index contributed by atoms with van der Waals surface area (Å²) < 4.78 is 44.9. The quantitative estimate of drug-likeness (QED) is 0.673. The summed E-state index contributed by atoms with van der Waals surface area (Å²) in [5, 5.41) is 2.90. The molecule has 27 heavy (non-hydrogen) atoms. The van der Waals surface area contributed by atoms with E-state index in [0.29, 0.717) is 23.2 Å². The highest BCUT2D eigenvalue weighted by atomic mass is 32.1. The third kappa shape index (κ3) is 5.07. The molecule has 2 aromatic carbocycles. The fourth-order valence-electron chi connectivity index (χ4n) is 2.29. The summed E-state index contributed by atoms with van der Waals surface area (Å²) in [5.41, 5.74) is 1.38. The predicted octanol–water partition coefficient (Wildman–Crippen LogP) is 4.48. The van der Waals surface area contributed by atoms with Crippen molar-refractivity contribution in [3.63, 3.8) is 0 Å². The lowest BCUT2D eigenvalue weighted by Gasteiger charge is -2.06. The molecule has 0 saturated heterocycles. The topological polar surface area (TPSA) is 51.2 Å². The summed E-state index contributed by atoms with van der Waals surface area (Å²) in [6.45, 7) is 1.25. The summed E-state index contributed by atoms with van der Waals surface area (Å²) in [6.07, 6.45) is 2.08. The number of thiazole rings is 1. The molecule has 0 fully saturated rings. The van der Waals surface area contributed by atoms with E-state index in [4.69, 9.17) is 4.74 Å². The number of carbonyl (C=O) groups is 1. The lowest BCUT2D eigenvalue weighted by molar-refractivity contribution is -0.118. The van der Waals surface area contributed by atoms with Gasteiger partial charge in [0.1, 0.15) is 11.6 Å². The molecule has 1 N–H and O–H groups in total. The lowest BCUT2D eigenvalue weighted by Crippen LogP contribution is -2.20. The Morgan fingerprint density at radius 3 is 2.70 bits per heavy atom. The zero-order chi connectivity index (χ0) is 19.4. The maximum Gasteiger partial charge on any atom is 0.264 e. The van der Waals surface area contributed by atoms with Gasteiger partial charge in [-0.15, -0.1) is 11.3 Å². The standard InChI is InChI=1S/C19H15F3N2O2S/c1-11-2-3-12(7-15(11)21)6-14-9-23-19(27-14)24-18(25)10-26-17-5-4-13(20)8-16(17)22/h2-5,7-9H,6,10H2,1H3,(H,23,24,25). The first-order valence-electron chi connectivity index (χ1n) is 7.98. The molecule has 0 aliphatic rings. The van der Waals surface area contributed by atoms with E-state index >= 15 is 0 Å². The Kier molecular flexibility index (Phi) is 5.75. The van der Waals surface area contributed by atoms with Crippen LogP contribution in [0.15, 0.2) is 42.6 Å². The summed E-state index contributed by atoms with van der Waals surface area (Å²) in [7, 11) is 0. The number of aryl methyl sites for hydroxylation is 1. The highest BCUT2D eigenvalue weighted by molar-refractivity contribution is 7.15. The molecule has 3 aromatic rings. The van der Waals surface area contributed by atoms with Crippen molar-refractivity contribution < 1.29 is 22.7 Å². The number of rotatable bonds is 6. The minimum absolute atomic E-state index is 0.215. The fourth-order valence-corrected chi connectivity index (χ4v) is 3.15. The first-order chi connectivity index (χ1) is 12.9. The Bertz CT molecular complexity index is 975. The first kappa shape index (κ1) is 18.9. The molecule has 8 heteroatoms. The molecule has 0 unspecified atom stereocenters. The number of hydrogen-bond donors (Lipinski definition) is 1. The number of anilines is 1. The van der Waals surface area contributed by atoms with Gasteiger partial charge in [-0.1, -0.05) is 12.1 Å². The number of nitrogens with zero attached hydrogens (tertiary/aromatic N) is 1. The van der Waals surface area contributed by atoms with Crippen LogP contribution in [0.5, 0.6) is 5.75 Å². The molecule has 140 valence electrons. The van der Waals surface area contributed by atoms with Crippen LogP contribution in [0.3, 0.4) is 0 Å². The predicted molar refractivity (Wildman–Crippen MR) is 96.5 cm³/mol.